The van der Waals surface area contributed by atoms with Gasteiger partial charge in [-0.2, -0.15) is 0 Å². The van der Waals surface area contributed by atoms with E-state index in [2.05, 4.69) is 10.3 Å². The van der Waals surface area contributed by atoms with Crippen molar-refractivity contribution in [1.82, 2.24) is 9.88 Å². The molecule has 1 saturated heterocycles. The first-order chi connectivity index (χ1) is 11.6. The number of hydrogen-bond acceptors (Lipinski definition) is 7. The second-order valence-corrected chi connectivity index (χ2v) is 6.68. The number of nitro groups is 1. The molecule has 1 aliphatic heterocycles. The van der Waals surface area contributed by atoms with E-state index in [0.29, 0.717) is 13.0 Å². The van der Waals surface area contributed by atoms with Gasteiger partial charge in [-0.3, -0.25) is 10.1 Å². The molecule has 1 fully saturated rings. The molecule has 1 amide bonds. The van der Waals surface area contributed by atoms with Crippen LogP contribution >= 0.6 is 0 Å². The molecule has 1 aromatic rings. The summed E-state index contributed by atoms with van der Waals surface area (Å²) in [5.74, 6) is -1.40. The number of carbonyl (C=O) groups is 2. The maximum atomic E-state index is 12.1. The van der Waals surface area contributed by atoms with Crippen molar-refractivity contribution in [2.24, 2.45) is 0 Å². The van der Waals surface area contributed by atoms with Crippen molar-refractivity contribution < 1.29 is 24.4 Å². The predicted octanol–water partition coefficient (Wildman–Crippen LogP) is 2.11. The van der Waals surface area contributed by atoms with Gasteiger partial charge < -0.3 is 20.1 Å². The van der Waals surface area contributed by atoms with Crippen LogP contribution in [-0.2, 0) is 4.74 Å². The summed E-state index contributed by atoms with van der Waals surface area (Å²) in [6.07, 6.45) is 0.0774. The third kappa shape index (κ3) is 4.78. The average Bonchev–Trinajstić information content (AvgIpc) is 2.93. The van der Waals surface area contributed by atoms with Gasteiger partial charge in [-0.1, -0.05) is 0 Å². The number of ether oxygens (including phenoxy) is 1. The number of carboxylic acid groups (broad SMARTS) is 1. The number of rotatable bonds is 4. The van der Waals surface area contributed by atoms with Crippen molar-refractivity contribution in [3.8, 4) is 0 Å². The lowest BCUT2D eigenvalue weighted by Gasteiger charge is -2.24. The standard InChI is InChI=1S/C15H20N4O6/c1-15(2,3)25-14(22)18-7-6-9(8-18)16-12-11(19(23)24)5-4-10(17-12)13(20)21/h4-5,9H,6-8H2,1-3H3,(H,16,17)(H,20,21)/t9-/m0/s1. The first-order valence-electron chi connectivity index (χ1n) is 7.70. The van der Waals surface area contributed by atoms with Gasteiger partial charge in [0, 0.05) is 25.2 Å². The largest absolute Gasteiger partial charge is 0.477 e. The van der Waals surface area contributed by atoms with Crippen molar-refractivity contribution in [2.45, 2.75) is 38.8 Å². The van der Waals surface area contributed by atoms with E-state index in [1.54, 1.807) is 20.8 Å². The van der Waals surface area contributed by atoms with Crippen LogP contribution in [0.3, 0.4) is 0 Å². The number of nitrogens with one attached hydrogen (secondary N) is 1. The Hall–Kier alpha value is -2.91. The van der Waals surface area contributed by atoms with E-state index in [1.165, 1.54) is 4.90 Å². The van der Waals surface area contributed by atoms with E-state index in [9.17, 15) is 19.7 Å². The number of hydrogen-bond donors (Lipinski definition) is 2. The Bertz CT molecular complexity index is 700. The normalized spacial score (nSPS) is 17.2. The van der Waals surface area contributed by atoms with Crippen molar-refractivity contribution >= 4 is 23.6 Å². The van der Waals surface area contributed by atoms with Gasteiger partial charge in [-0.05, 0) is 33.3 Å². The molecular formula is C15H20N4O6. The number of aromatic carboxylic acids is 1. The van der Waals surface area contributed by atoms with Crippen LogP contribution in [0.5, 0.6) is 0 Å². The van der Waals surface area contributed by atoms with Gasteiger partial charge in [0.15, 0.2) is 5.69 Å². The third-order valence-electron chi connectivity index (χ3n) is 3.47. The Morgan fingerprint density at radius 1 is 1.44 bits per heavy atom. The minimum absolute atomic E-state index is 0.124. The average molecular weight is 352 g/mol. The van der Waals surface area contributed by atoms with Crippen LogP contribution in [0.25, 0.3) is 0 Å². The van der Waals surface area contributed by atoms with Gasteiger partial charge in [0.05, 0.1) is 4.92 Å². The monoisotopic (exact) mass is 352 g/mol. The topological polar surface area (TPSA) is 135 Å². The summed E-state index contributed by atoms with van der Waals surface area (Å²) >= 11 is 0. The van der Waals surface area contributed by atoms with Crippen LogP contribution in [0, 0.1) is 10.1 Å². The number of aromatic nitrogens is 1. The van der Waals surface area contributed by atoms with Crippen molar-refractivity contribution in [1.29, 1.82) is 0 Å². The molecule has 10 heteroatoms. The number of anilines is 1. The molecule has 10 nitrogen and oxygen atoms in total. The van der Waals surface area contributed by atoms with Crippen molar-refractivity contribution in [2.75, 3.05) is 18.4 Å². The summed E-state index contributed by atoms with van der Waals surface area (Å²) in [5.41, 5.74) is -1.23. The number of likely N-dealkylation sites (tertiary alicyclic amines) is 1. The molecule has 25 heavy (non-hydrogen) atoms. The predicted molar refractivity (Wildman–Crippen MR) is 87.7 cm³/mol. The number of pyridine rings is 1. The third-order valence-corrected chi connectivity index (χ3v) is 3.47. The molecule has 0 aliphatic carbocycles. The van der Waals surface area contributed by atoms with Crippen LogP contribution in [-0.4, -0.2) is 56.7 Å². The highest BCUT2D eigenvalue weighted by Gasteiger charge is 2.31. The fourth-order valence-electron chi connectivity index (χ4n) is 2.39. The number of carbonyl (C=O) groups excluding carboxylic acids is 1. The minimum Gasteiger partial charge on any atom is -0.477 e. The van der Waals surface area contributed by atoms with E-state index in [1.807, 2.05) is 0 Å². The summed E-state index contributed by atoms with van der Waals surface area (Å²) in [5, 5.41) is 23.0. The minimum atomic E-state index is -1.28. The summed E-state index contributed by atoms with van der Waals surface area (Å²) in [6, 6.07) is 1.88. The Labute approximate surface area is 143 Å². The highest BCUT2D eigenvalue weighted by atomic mass is 16.6. The molecule has 0 spiro atoms. The molecule has 0 aromatic carbocycles. The molecule has 2 heterocycles. The van der Waals surface area contributed by atoms with Gasteiger partial charge >= 0.3 is 17.7 Å². The number of carboxylic acids is 1. The molecule has 1 aromatic heterocycles. The van der Waals surface area contributed by atoms with Crippen LogP contribution in [0.2, 0.25) is 0 Å². The molecule has 0 bridgehead atoms. The van der Waals surface area contributed by atoms with Crippen LogP contribution in [0.4, 0.5) is 16.3 Å². The fraction of sp³-hybridized carbons (Fsp3) is 0.533. The fourth-order valence-corrected chi connectivity index (χ4v) is 2.39. The molecule has 1 aliphatic rings. The van der Waals surface area contributed by atoms with Crippen LogP contribution < -0.4 is 5.32 Å². The Morgan fingerprint density at radius 3 is 2.68 bits per heavy atom. The summed E-state index contributed by atoms with van der Waals surface area (Å²) in [6.45, 7) is 6.01. The van der Waals surface area contributed by atoms with Gasteiger partial charge in [0.2, 0.25) is 5.82 Å². The lowest BCUT2D eigenvalue weighted by atomic mass is 10.2. The van der Waals surface area contributed by atoms with Gasteiger partial charge in [-0.25, -0.2) is 14.6 Å². The van der Waals surface area contributed by atoms with Gasteiger partial charge in [-0.15, -0.1) is 0 Å². The zero-order valence-corrected chi connectivity index (χ0v) is 14.2. The summed E-state index contributed by atoms with van der Waals surface area (Å²) in [7, 11) is 0. The SMILES string of the molecule is CC(C)(C)OC(=O)N1CC[C@H](Nc2nc(C(=O)O)ccc2[N+](=O)[O-])C1. The molecule has 136 valence electrons. The zero-order chi connectivity index (χ0) is 18.8. The molecule has 0 radical (unpaired) electrons. The molecule has 1 atom stereocenters. The smallest absolute Gasteiger partial charge is 0.410 e. The van der Waals surface area contributed by atoms with E-state index in [0.717, 1.165) is 12.1 Å². The van der Waals surface area contributed by atoms with E-state index < -0.39 is 22.6 Å². The zero-order valence-electron chi connectivity index (χ0n) is 14.2. The summed E-state index contributed by atoms with van der Waals surface area (Å²) in [4.78, 5) is 38.8. The molecule has 2 N–H and O–H groups in total. The second kappa shape index (κ2) is 6.91. The van der Waals surface area contributed by atoms with E-state index >= 15 is 0 Å². The lowest BCUT2D eigenvalue weighted by molar-refractivity contribution is -0.384. The first-order valence-corrected chi connectivity index (χ1v) is 7.70. The lowest BCUT2D eigenvalue weighted by Crippen LogP contribution is -2.36. The molecular weight excluding hydrogens is 332 g/mol. The second-order valence-electron chi connectivity index (χ2n) is 6.68. The molecule has 2 rings (SSSR count). The Kier molecular flexibility index (Phi) is 5.10. The Balaban J connectivity index is 2.10. The summed E-state index contributed by atoms with van der Waals surface area (Å²) < 4.78 is 5.29. The number of amides is 1. The quantitative estimate of drug-likeness (QED) is 0.621. The van der Waals surface area contributed by atoms with Crippen molar-refractivity contribution in [3.63, 3.8) is 0 Å². The maximum Gasteiger partial charge on any atom is 0.410 e. The van der Waals surface area contributed by atoms with E-state index in [4.69, 9.17) is 9.84 Å². The van der Waals surface area contributed by atoms with Gasteiger partial charge in [0.25, 0.3) is 0 Å². The van der Waals surface area contributed by atoms with Gasteiger partial charge in [0.1, 0.15) is 5.60 Å². The highest BCUT2D eigenvalue weighted by Crippen LogP contribution is 2.25. The highest BCUT2D eigenvalue weighted by molar-refractivity contribution is 5.86. The number of nitrogens with zero attached hydrogens (tertiary/aromatic N) is 3. The maximum absolute atomic E-state index is 12.1. The van der Waals surface area contributed by atoms with Crippen LogP contribution in [0.15, 0.2) is 12.1 Å². The van der Waals surface area contributed by atoms with E-state index in [-0.39, 0.29) is 29.8 Å². The first kappa shape index (κ1) is 18.4. The molecule has 0 unspecified atom stereocenters. The Morgan fingerprint density at radius 2 is 2.12 bits per heavy atom. The van der Waals surface area contributed by atoms with Crippen LogP contribution in [0.1, 0.15) is 37.7 Å². The van der Waals surface area contributed by atoms with Crippen molar-refractivity contribution in [3.05, 3.63) is 27.9 Å². The molecule has 0 saturated carbocycles.